The van der Waals surface area contributed by atoms with E-state index in [0.29, 0.717) is 16.8 Å². The summed E-state index contributed by atoms with van der Waals surface area (Å²) in [5.41, 5.74) is 2.20. The number of hydrogen-bond acceptors (Lipinski definition) is 6. The third-order valence-electron chi connectivity index (χ3n) is 5.29. The van der Waals surface area contributed by atoms with E-state index in [0.717, 1.165) is 4.90 Å². The minimum Gasteiger partial charge on any atom is -0.334 e. The van der Waals surface area contributed by atoms with Crippen molar-refractivity contribution < 1.29 is 24.0 Å². The highest BCUT2D eigenvalue weighted by atomic mass is 16.2. The summed E-state index contributed by atoms with van der Waals surface area (Å²) in [7, 11) is 0. The molecule has 1 unspecified atom stereocenters. The average Bonchev–Trinajstić information content (AvgIpc) is 3.03. The molecule has 0 radical (unpaired) electrons. The number of amides is 6. The van der Waals surface area contributed by atoms with Crippen LogP contribution in [0.5, 0.6) is 0 Å². The fraction of sp³-hybridized carbons (Fsp3) is 0.182. The highest BCUT2D eigenvalue weighted by molar-refractivity contribution is 6.23. The molecule has 4 N–H and O–H groups in total. The molecule has 2 heterocycles. The Balaban J connectivity index is 1.42. The molecule has 0 bridgehead atoms. The molecular weight excluding hydrogens is 414 g/mol. The smallest absolute Gasteiger partial charge is 0.319 e. The number of benzene rings is 2. The molecule has 2 aromatic rings. The molecule has 1 saturated heterocycles. The molecule has 0 aromatic heterocycles. The van der Waals surface area contributed by atoms with Gasteiger partial charge in [0.25, 0.3) is 11.8 Å². The molecule has 10 nitrogen and oxygen atoms in total. The van der Waals surface area contributed by atoms with Crippen molar-refractivity contribution >= 4 is 41.6 Å². The molecule has 0 saturated carbocycles. The number of piperidine rings is 1. The number of fused-ring (bicyclic) bond motifs is 1. The Morgan fingerprint density at radius 3 is 2.47 bits per heavy atom. The lowest BCUT2D eigenvalue weighted by molar-refractivity contribution is -0.136. The van der Waals surface area contributed by atoms with E-state index in [4.69, 9.17) is 5.41 Å². The third-order valence-corrected chi connectivity index (χ3v) is 5.29. The lowest BCUT2D eigenvalue weighted by Gasteiger charge is -2.27. The highest BCUT2D eigenvalue weighted by Gasteiger charge is 2.44. The van der Waals surface area contributed by atoms with Crippen LogP contribution in [0, 0.1) is 5.41 Å². The van der Waals surface area contributed by atoms with Gasteiger partial charge < -0.3 is 16.0 Å². The van der Waals surface area contributed by atoms with Crippen molar-refractivity contribution in [1.82, 2.24) is 15.5 Å². The van der Waals surface area contributed by atoms with Gasteiger partial charge in [-0.3, -0.25) is 29.4 Å². The Morgan fingerprint density at radius 2 is 1.78 bits per heavy atom. The molecular formula is C22H19N5O5. The van der Waals surface area contributed by atoms with E-state index < -0.39 is 35.7 Å². The molecule has 6 amide bonds. The minimum absolute atomic E-state index is 0.0538. The van der Waals surface area contributed by atoms with Crippen LogP contribution in [0.3, 0.4) is 0 Å². The average molecular weight is 433 g/mol. The Labute approximate surface area is 182 Å². The van der Waals surface area contributed by atoms with Crippen LogP contribution in [0.25, 0.3) is 0 Å². The van der Waals surface area contributed by atoms with E-state index in [1.807, 2.05) is 0 Å². The summed E-state index contributed by atoms with van der Waals surface area (Å²) in [5, 5.41) is 14.7. The molecule has 0 aliphatic carbocycles. The number of anilines is 1. The first-order valence-electron chi connectivity index (χ1n) is 9.87. The fourth-order valence-corrected chi connectivity index (χ4v) is 3.65. The van der Waals surface area contributed by atoms with Gasteiger partial charge in [-0.25, -0.2) is 4.79 Å². The maximum absolute atomic E-state index is 12.8. The number of urea groups is 1. The molecule has 32 heavy (non-hydrogen) atoms. The molecule has 2 aliphatic heterocycles. The molecule has 0 spiro atoms. The van der Waals surface area contributed by atoms with E-state index in [-0.39, 0.29) is 30.5 Å². The van der Waals surface area contributed by atoms with Crippen LogP contribution < -0.4 is 16.0 Å². The summed E-state index contributed by atoms with van der Waals surface area (Å²) in [6.07, 6.45) is 1.34. The largest absolute Gasteiger partial charge is 0.334 e. The fourth-order valence-electron chi connectivity index (χ4n) is 3.65. The van der Waals surface area contributed by atoms with E-state index in [1.54, 1.807) is 30.3 Å². The van der Waals surface area contributed by atoms with E-state index in [1.165, 1.54) is 18.3 Å². The standard InChI is InChI=1S/C22H19N5O5/c23-10-12-1-4-14(5-2-12)25-22(32)24-11-13-3-6-15-16(9-13)21(31)27(20(15)30)17-7-8-18(28)26-19(17)29/h1-6,9-10,17,23H,7-8,11H2,(H2,24,25,32)(H,26,28,29). The van der Waals surface area contributed by atoms with Crippen molar-refractivity contribution in [2.75, 3.05) is 5.32 Å². The molecule has 1 fully saturated rings. The van der Waals surface area contributed by atoms with Crippen LogP contribution in [0.1, 0.15) is 44.7 Å². The lowest BCUT2D eigenvalue weighted by Crippen LogP contribution is -2.54. The van der Waals surface area contributed by atoms with Gasteiger partial charge in [0, 0.05) is 24.9 Å². The molecule has 162 valence electrons. The minimum atomic E-state index is -1.02. The number of hydrogen-bond donors (Lipinski definition) is 4. The first kappa shape index (κ1) is 20.9. The molecule has 1 atom stereocenters. The summed E-state index contributed by atoms with van der Waals surface area (Å²) in [6, 6.07) is 9.88. The van der Waals surface area contributed by atoms with E-state index >= 15 is 0 Å². The zero-order valence-corrected chi connectivity index (χ0v) is 16.8. The Hall–Kier alpha value is -4.34. The number of carbonyl (C=O) groups excluding carboxylic acids is 5. The maximum atomic E-state index is 12.8. The quantitative estimate of drug-likeness (QED) is 0.416. The van der Waals surface area contributed by atoms with E-state index in [2.05, 4.69) is 16.0 Å². The van der Waals surface area contributed by atoms with Gasteiger partial charge in [0.05, 0.1) is 11.1 Å². The zero-order chi connectivity index (χ0) is 22.8. The van der Waals surface area contributed by atoms with Gasteiger partial charge >= 0.3 is 6.03 Å². The van der Waals surface area contributed by atoms with Crippen molar-refractivity contribution in [1.29, 1.82) is 5.41 Å². The van der Waals surface area contributed by atoms with E-state index in [9.17, 15) is 24.0 Å². The first-order chi connectivity index (χ1) is 15.4. The molecule has 10 heteroatoms. The second kappa shape index (κ2) is 8.42. The summed E-state index contributed by atoms with van der Waals surface area (Å²) < 4.78 is 0. The first-order valence-corrected chi connectivity index (χ1v) is 9.87. The van der Waals surface area contributed by atoms with Crippen molar-refractivity contribution in [3.05, 3.63) is 64.7 Å². The second-order valence-corrected chi connectivity index (χ2v) is 7.40. The summed E-state index contributed by atoms with van der Waals surface area (Å²) in [6.45, 7) is 0.109. The van der Waals surface area contributed by atoms with Crippen molar-refractivity contribution in [2.45, 2.75) is 25.4 Å². The normalized spacial score (nSPS) is 17.6. The zero-order valence-electron chi connectivity index (χ0n) is 16.8. The predicted molar refractivity (Wildman–Crippen MR) is 113 cm³/mol. The summed E-state index contributed by atoms with van der Waals surface area (Å²) >= 11 is 0. The Kier molecular flexibility index (Phi) is 5.50. The predicted octanol–water partition coefficient (Wildman–Crippen LogP) is 1.41. The van der Waals surface area contributed by atoms with Crippen molar-refractivity contribution in [2.24, 2.45) is 0 Å². The van der Waals surface area contributed by atoms with Gasteiger partial charge in [0.2, 0.25) is 11.8 Å². The summed E-state index contributed by atoms with van der Waals surface area (Å²) in [4.78, 5) is 62.1. The van der Waals surface area contributed by atoms with Crippen LogP contribution in [0.4, 0.5) is 10.5 Å². The highest BCUT2D eigenvalue weighted by Crippen LogP contribution is 2.28. The van der Waals surface area contributed by atoms with Crippen LogP contribution >= 0.6 is 0 Å². The number of rotatable bonds is 5. The molecule has 2 aromatic carbocycles. The van der Waals surface area contributed by atoms with Gasteiger partial charge in [-0.05, 0) is 41.8 Å². The maximum Gasteiger partial charge on any atom is 0.319 e. The second-order valence-electron chi connectivity index (χ2n) is 7.40. The topological polar surface area (TPSA) is 149 Å². The number of nitrogens with zero attached hydrogens (tertiary/aromatic N) is 1. The SMILES string of the molecule is N=Cc1ccc(NC(=O)NCc2ccc3c(c2)C(=O)N(C2CCC(=O)NC2=O)C3=O)cc1. The lowest BCUT2D eigenvalue weighted by atomic mass is 10.0. The van der Waals surface area contributed by atoms with Crippen LogP contribution in [-0.2, 0) is 16.1 Å². The van der Waals surface area contributed by atoms with Crippen molar-refractivity contribution in [3.63, 3.8) is 0 Å². The Morgan fingerprint density at radius 1 is 1.06 bits per heavy atom. The number of carbonyl (C=O) groups is 5. The van der Waals surface area contributed by atoms with Gasteiger partial charge in [0.1, 0.15) is 6.04 Å². The number of imide groups is 2. The monoisotopic (exact) mass is 433 g/mol. The molecule has 2 aliphatic rings. The van der Waals surface area contributed by atoms with Crippen molar-refractivity contribution in [3.8, 4) is 0 Å². The Bertz CT molecular complexity index is 1160. The van der Waals surface area contributed by atoms with Gasteiger partial charge in [0.15, 0.2) is 0 Å². The molecule has 4 rings (SSSR count). The van der Waals surface area contributed by atoms with Crippen LogP contribution in [-0.4, -0.2) is 46.8 Å². The van der Waals surface area contributed by atoms with Gasteiger partial charge in [-0.15, -0.1) is 0 Å². The number of nitrogens with one attached hydrogen (secondary N) is 4. The summed E-state index contributed by atoms with van der Waals surface area (Å²) in [5.74, 6) is -2.27. The third kappa shape index (κ3) is 3.97. The van der Waals surface area contributed by atoms with Crippen LogP contribution in [0.2, 0.25) is 0 Å². The van der Waals surface area contributed by atoms with Gasteiger partial charge in [-0.1, -0.05) is 18.2 Å². The van der Waals surface area contributed by atoms with Gasteiger partial charge in [-0.2, -0.15) is 0 Å². The van der Waals surface area contributed by atoms with Crippen LogP contribution in [0.15, 0.2) is 42.5 Å².